The number of nitrogens with one attached hydrogen (secondary N) is 1. The molecule has 0 radical (unpaired) electrons. The summed E-state index contributed by atoms with van der Waals surface area (Å²) in [6.07, 6.45) is 0.907. The van der Waals surface area contributed by atoms with E-state index < -0.39 is 38.4 Å². The lowest BCUT2D eigenvalue weighted by Crippen LogP contribution is -2.37. The van der Waals surface area contributed by atoms with Gasteiger partial charge in [-0.05, 0) is 6.92 Å². The van der Waals surface area contributed by atoms with Crippen LogP contribution in [0.2, 0.25) is 0 Å². The number of carboxylic acid groups (broad SMARTS) is 1. The fourth-order valence-electron chi connectivity index (χ4n) is 1.38. The Kier molecular flexibility index (Phi) is 5.94. The third kappa shape index (κ3) is 3.66. The van der Waals surface area contributed by atoms with Gasteiger partial charge in [-0.2, -0.15) is 0 Å². The standard InChI is InChI=1S/C9H14FN3O4S.ClH/c1-5(3-11)12-18(16,17)6-4-13(2)8(7(6)10)9(14)15;/h4-5,12H,3,11H2,1-2H3,(H,14,15);1H. The second-order valence-electron chi connectivity index (χ2n) is 3.83. The summed E-state index contributed by atoms with van der Waals surface area (Å²) in [5.41, 5.74) is 4.55. The Morgan fingerprint density at radius 2 is 2.16 bits per heavy atom. The van der Waals surface area contributed by atoms with Crippen LogP contribution in [0.4, 0.5) is 4.39 Å². The van der Waals surface area contributed by atoms with Gasteiger partial charge in [0.15, 0.2) is 11.5 Å². The molecule has 0 saturated heterocycles. The first-order valence-electron chi connectivity index (χ1n) is 5.01. The number of hydrogen-bond donors (Lipinski definition) is 3. The number of halogens is 2. The van der Waals surface area contributed by atoms with Crippen LogP contribution in [0.5, 0.6) is 0 Å². The van der Waals surface area contributed by atoms with Gasteiger partial charge in [0.05, 0.1) is 0 Å². The third-order valence-corrected chi connectivity index (χ3v) is 3.87. The number of hydrogen-bond acceptors (Lipinski definition) is 4. The van der Waals surface area contributed by atoms with Gasteiger partial charge >= 0.3 is 5.97 Å². The van der Waals surface area contributed by atoms with Crippen molar-refractivity contribution in [3.05, 3.63) is 17.7 Å². The van der Waals surface area contributed by atoms with E-state index in [1.54, 1.807) is 0 Å². The van der Waals surface area contributed by atoms with Gasteiger partial charge in [-0.1, -0.05) is 0 Å². The molecule has 1 heterocycles. The monoisotopic (exact) mass is 315 g/mol. The van der Waals surface area contributed by atoms with E-state index in [2.05, 4.69) is 4.72 Å². The number of aryl methyl sites for hydroxylation is 1. The van der Waals surface area contributed by atoms with Gasteiger partial charge in [-0.25, -0.2) is 22.3 Å². The summed E-state index contributed by atoms with van der Waals surface area (Å²) in [5.74, 6) is -2.83. The highest BCUT2D eigenvalue weighted by Gasteiger charge is 2.28. The van der Waals surface area contributed by atoms with Gasteiger partial charge < -0.3 is 15.4 Å². The van der Waals surface area contributed by atoms with Crippen LogP contribution in [0.3, 0.4) is 0 Å². The van der Waals surface area contributed by atoms with E-state index in [-0.39, 0.29) is 19.0 Å². The molecule has 19 heavy (non-hydrogen) atoms. The Morgan fingerprint density at radius 1 is 1.63 bits per heavy atom. The predicted octanol–water partition coefficient (Wildman–Crippen LogP) is -0.0903. The van der Waals surface area contributed by atoms with Gasteiger partial charge in [0.1, 0.15) is 4.90 Å². The Morgan fingerprint density at radius 3 is 2.53 bits per heavy atom. The molecule has 110 valence electrons. The fraction of sp³-hybridized carbons (Fsp3) is 0.444. The molecule has 0 bridgehead atoms. The largest absolute Gasteiger partial charge is 0.476 e. The first kappa shape index (κ1) is 17.8. The van der Waals surface area contributed by atoms with Crippen LogP contribution in [0, 0.1) is 5.82 Å². The maximum Gasteiger partial charge on any atom is 0.355 e. The third-order valence-electron chi connectivity index (χ3n) is 2.29. The van der Waals surface area contributed by atoms with Crippen molar-refractivity contribution in [2.24, 2.45) is 12.8 Å². The summed E-state index contributed by atoms with van der Waals surface area (Å²) in [6.45, 7) is 1.55. The summed E-state index contributed by atoms with van der Waals surface area (Å²) in [7, 11) is -2.88. The summed E-state index contributed by atoms with van der Waals surface area (Å²) >= 11 is 0. The summed E-state index contributed by atoms with van der Waals surface area (Å²) in [5, 5.41) is 8.76. The van der Waals surface area contributed by atoms with Gasteiger partial charge in [0.25, 0.3) is 0 Å². The van der Waals surface area contributed by atoms with Crippen molar-refractivity contribution >= 4 is 28.4 Å². The lowest BCUT2D eigenvalue weighted by Gasteiger charge is -2.10. The molecule has 0 spiro atoms. The molecule has 0 fully saturated rings. The second-order valence-corrected chi connectivity index (χ2v) is 5.51. The molecule has 10 heteroatoms. The molecule has 0 aliphatic rings. The van der Waals surface area contributed by atoms with Crippen LogP contribution in [0.25, 0.3) is 0 Å². The average molecular weight is 316 g/mol. The van der Waals surface area contributed by atoms with E-state index >= 15 is 0 Å². The number of sulfonamides is 1. The lowest BCUT2D eigenvalue weighted by atomic mass is 10.4. The SMILES string of the molecule is CC(CN)NS(=O)(=O)c1cn(C)c(C(=O)O)c1F.Cl. The fourth-order valence-corrected chi connectivity index (χ4v) is 2.76. The van der Waals surface area contributed by atoms with Gasteiger partial charge in [-0.3, -0.25) is 0 Å². The lowest BCUT2D eigenvalue weighted by molar-refractivity contribution is 0.0681. The van der Waals surface area contributed by atoms with Crippen molar-refractivity contribution in [3.8, 4) is 0 Å². The minimum atomic E-state index is -4.13. The molecular formula is C9H15ClFN3O4S. The van der Waals surface area contributed by atoms with Crippen molar-refractivity contribution in [1.29, 1.82) is 0 Å². The normalized spacial score (nSPS) is 12.8. The Balaban J connectivity index is 0.00000324. The minimum Gasteiger partial charge on any atom is -0.476 e. The predicted molar refractivity (Wildman–Crippen MR) is 68.4 cm³/mol. The molecule has 1 aromatic heterocycles. The number of aromatic nitrogens is 1. The van der Waals surface area contributed by atoms with E-state index in [0.717, 1.165) is 10.8 Å². The molecule has 0 aliphatic heterocycles. The summed E-state index contributed by atoms with van der Waals surface area (Å²) in [4.78, 5) is 10.1. The molecule has 7 nitrogen and oxygen atoms in total. The highest BCUT2D eigenvalue weighted by molar-refractivity contribution is 7.89. The topological polar surface area (TPSA) is 114 Å². The van der Waals surface area contributed by atoms with E-state index in [9.17, 15) is 17.6 Å². The van der Waals surface area contributed by atoms with Crippen molar-refractivity contribution in [1.82, 2.24) is 9.29 Å². The average Bonchev–Trinajstić information content (AvgIpc) is 2.54. The Labute approximate surface area is 116 Å². The summed E-state index contributed by atoms with van der Waals surface area (Å²) < 4.78 is 40.4. The zero-order valence-electron chi connectivity index (χ0n) is 10.3. The number of aromatic carboxylic acids is 1. The number of carboxylic acids is 1. The molecule has 4 N–H and O–H groups in total. The molecule has 0 amide bonds. The van der Waals surface area contributed by atoms with E-state index in [4.69, 9.17) is 10.8 Å². The van der Waals surface area contributed by atoms with Gasteiger partial charge in [-0.15, -0.1) is 12.4 Å². The molecule has 0 aromatic carbocycles. The number of nitrogens with zero attached hydrogens (tertiary/aromatic N) is 1. The molecule has 0 aliphatic carbocycles. The highest BCUT2D eigenvalue weighted by Crippen LogP contribution is 2.20. The van der Waals surface area contributed by atoms with Gasteiger partial charge in [0, 0.05) is 25.8 Å². The zero-order valence-corrected chi connectivity index (χ0v) is 11.9. The van der Waals surface area contributed by atoms with E-state index in [1.807, 2.05) is 0 Å². The Bertz CT molecular complexity index is 572. The first-order chi connectivity index (χ1) is 8.20. The Hall–Kier alpha value is -1.16. The van der Waals surface area contributed by atoms with Crippen LogP contribution in [0.15, 0.2) is 11.1 Å². The number of rotatable bonds is 5. The molecule has 1 rings (SSSR count). The second kappa shape index (κ2) is 6.33. The maximum atomic E-state index is 13.7. The van der Waals surface area contributed by atoms with Crippen LogP contribution in [-0.4, -0.2) is 36.6 Å². The first-order valence-corrected chi connectivity index (χ1v) is 6.49. The van der Waals surface area contributed by atoms with Crippen LogP contribution >= 0.6 is 12.4 Å². The zero-order chi connectivity index (χ0) is 14.1. The van der Waals surface area contributed by atoms with Crippen LogP contribution in [-0.2, 0) is 17.1 Å². The van der Waals surface area contributed by atoms with Crippen molar-refractivity contribution in [2.45, 2.75) is 17.9 Å². The molecule has 1 unspecified atom stereocenters. The number of carbonyl (C=O) groups is 1. The molecule has 1 atom stereocenters. The van der Waals surface area contributed by atoms with Crippen LogP contribution in [0.1, 0.15) is 17.4 Å². The van der Waals surface area contributed by atoms with Crippen LogP contribution < -0.4 is 10.5 Å². The summed E-state index contributed by atoms with van der Waals surface area (Å²) in [6, 6.07) is -0.581. The van der Waals surface area contributed by atoms with Crippen molar-refractivity contribution in [3.63, 3.8) is 0 Å². The molecule has 1 aromatic rings. The smallest absolute Gasteiger partial charge is 0.355 e. The van der Waals surface area contributed by atoms with E-state index in [1.165, 1.54) is 14.0 Å². The van der Waals surface area contributed by atoms with Gasteiger partial charge in [0.2, 0.25) is 10.0 Å². The highest BCUT2D eigenvalue weighted by atomic mass is 35.5. The van der Waals surface area contributed by atoms with Crippen molar-refractivity contribution < 1.29 is 22.7 Å². The van der Waals surface area contributed by atoms with E-state index in [0.29, 0.717) is 0 Å². The molecular weight excluding hydrogens is 301 g/mol. The maximum absolute atomic E-state index is 13.7. The quantitative estimate of drug-likeness (QED) is 0.702. The minimum absolute atomic E-state index is 0. The number of nitrogens with two attached hydrogens (primary N) is 1. The molecule has 0 saturated carbocycles. The van der Waals surface area contributed by atoms with Crippen molar-refractivity contribution in [2.75, 3.05) is 6.54 Å².